The van der Waals surface area contributed by atoms with Crippen LogP contribution >= 0.6 is 0 Å². The molecule has 1 N–H and O–H groups in total. The van der Waals surface area contributed by atoms with Crippen molar-refractivity contribution in [3.05, 3.63) is 48.3 Å². The molecule has 3 aromatic rings. The number of aromatic nitrogens is 3. The minimum Gasteiger partial charge on any atom is -0.453 e. The van der Waals surface area contributed by atoms with Crippen molar-refractivity contribution < 1.29 is 14.3 Å². The maximum atomic E-state index is 12.3. The summed E-state index contributed by atoms with van der Waals surface area (Å²) in [5.74, 6) is 0. The molecular weight excluding hydrogens is 370 g/mol. The van der Waals surface area contributed by atoms with Crippen LogP contribution in [-0.4, -0.2) is 52.0 Å². The predicted molar refractivity (Wildman–Crippen MR) is 106 cm³/mol. The van der Waals surface area contributed by atoms with Gasteiger partial charge >= 0.3 is 12.1 Å². The highest BCUT2D eigenvalue weighted by atomic mass is 16.5. The molecule has 29 heavy (non-hydrogen) atoms. The SMILES string of the molecule is COC(=O)NC(=O)N1CCC2(CCn3nc(-c4cnc5ccccc5c4)cc32)C1. The van der Waals surface area contributed by atoms with E-state index in [9.17, 15) is 9.59 Å². The lowest BCUT2D eigenvalue weighted by Gasteiger charge is -2.23. The average Bonchev–Trinajstić information content (AvgIpc) is 3.44. The second kappa shape index (κ2) is 6.58. The van der Waals surface area contributed by atoms with Crippen molar-refractivity contribution >= 4 is 23.0 Å². The molecule has 2 aromatic heterocycles. The van der Waals surface area contributed by atoms with Gasteiger partial charge in [-0.3, -0.25) is 9.67 Å². The van der Waals surface area contributed by atoms with E-state index in [-0.39, 0.29) is 5.41 Å². The predicted octanol–water partition coefficient (Wildman–Crippen LogP) is 2.92. The zero-order valence-electron chi connectivity index (χ0n) is 16.1. The summed E-state index contributed by atoms with van der Waals surface area (Å²) in [5, 5.41) is 8.13. The van der Waals surface area contributed by atoms with Gasteiger partial charge in [-0.05, 0) is 31.0 Å². The molecule has 2 aliphatic heterocycles. The molecule has 1 unspecified atom stereocenters. The fourth-order valence-corrected chi connectivity index (χ4v) is 4.49. The molecule has 4 heterocycles. The van der Waals surface area contributed by atoms with E-state index in [2.05, 4.69) is 27.2 Å². The highest BCUT2D eigenvalue weighted by molar-refractivity contribution is 5.90. The lowest BCUT2D eigenvalue weighted by atomic mass is 9.82. The molecule has 1 spiro atoms. The van der Waals surface area contributed by atoms with E-state index in [0.29, 0.717) is 13.1 Å². The van der Waals surface area contributed by atoms with E-state index in [0.717, 1.165) is 47.2 Å². The zero-order chi connectivity index (χ0) is 20.0. The maximum Gasteiger partial charge on any atom is 0.415 e. The van der Waals surface area contributed by atoms with Gasteiger partial charge in [0.1, 0.15) is 0 Å². The third-order valence-electron chi connectivity index (χ3n) is 6.05. The van der Waals surface area contributed by atoms with Gasteiger partial charge in [-0.1, -0.05) is 18.2 Å². The lowest BCUT2D eigenvalue weighted by molar-refractivity contribution is 0.163. The summed E-state index contributed by atoms with van der Waals surface area (Å²) in [6.45, 7) is 1.99. The van der Waals surface area contributed by atoms with Gasteiger partial charge in [-0.15, -0.1) is 0 Å². The Morgan fingerprint density at radius 1 is 1.17 bits per heavy atom. The highest BCUT2D eigenvalue weighted by Gasteiger charge is 2.47. The first-order valence-corrected chi connectivity index (χ1v) is 9.65. The number of carbonyl (C=O) groups is 2. The number of aryl methyl sites for hydroxylation is 1. The first kappa shape index (κ1) is 17.7. The largest absolute Gasteiger partial charge is 0.453 e. The topological polar surface area (TPSA) is 89.4 Å². The standard InChI is InChI=1S/C21H21N5O3/c1-29-20(28)23-19(27)25-8-6-21(13-25)7-9-26-18(21)11-17(24-26)15-10-14-4-2-3-5-16(14)22-12-15/h2-5,10-12H,6-9,13H2,1H3,(H,23,27,28). The number of amides is 3. The van der Waals surface area contributed by atoms with Gasteiger partial charge in [-0.2, -0.15) is 5.10 Å². The number of nitrogens with one attached hydrogen (secondary N) is 1. The van der Waals surface area contributed by atoms with Gasteiger partial charge in [0.25, 0.3) is 0 Å². The van der Waals surface area contributed by atoms with Gasteiger partial charge in [-0.25, -0.2) is 14.9 Å². The Bertz CT molecular complexity index is 1120. The summed E-state index contributed by atoms with van der Waals surface area (Å²) < 4.78 is 6.57. The molecule has 8 heteroatoms. The van der Waals surface area contributed by atoms with E-state index in [1.54, 1.807) is 4.90 Å². The number of ether oxygens (including phenoxy) is 1. The molecule has 0 saturated carbocycles. The molecule has 0 bridgehead atoms. The van der Waals surface area contributed by atoms with E-state index in [1.807, 2.05) is 35.1 Å². The van der Waals surface area contributed by atoms with Crippen molar-refractivity contribution in [2.75, 3.05) is 20.2 Å². The van der Waals surface area contributed by atoms with Crippen LogP contribution < -0.4 is 5.32 Å². The Balaban J connectivity index is 1.41. The molecule has 1 saturated heterocycles. The molecule has 1 fully saturated rings. The smallest absolute Gasteiger partial charge is 0.415 e. The molecular formula is C21H21N5O3. The molecule has 1 atom stereocenters. The van der Waals surface area contributed by atoms with Crippen LogP contribution in [0.25, 0.3) is 22.2 Å². The number of alkyl carbamates (subject to hydrolysis) is 1. The summed E-state index contributed by atoms with van der Waals surface area (Å²) in [4.78, 5) is 29.9. The van der Waals surface area contributed by atoms with E-state index in [1.165, 1.54) is 7.11 Å². The van der Waals surface area contributed by atoms with Crippen LogP contribution in [0.2, 0.25) is 0 Å². The number of hydrogen-bond acceptors (Lipinski definition) is 5. The van der Waals surface area contributed by atoms with E-state index < -0.39 is 12.1 Å². The minimum absolute atomic E-state index is 0.122. The third-order valence-corrected chi connectivity index (χ3v) is 6.05. The highest BCUT2D eigenvalue weighted by Crippen LogP contribution is 2.43. The number of benzene rings is 1. The maximum absolute atomic E-state index is 12.3. The van der Waals surface area contributed by atoms with Crippen LogP contribution in [0, 0.1) is 0 Å². The van der Waals surface area contributed by atoms with Crippen molar-refractivity contribution in [1.29, 1.82) is 0 Å². The summed E-state index contributed by atoms with van der Waals surface area (Å²) >= 11 is 0. The van der Waals surface area contributed by atoms with Crippen LogP contribution in [-0.2, 0) is 16.7 Å². The summed E-state index contributed by atoms with van der Waals surface area (Å²) in [6.07, 6.45) is 2.91. The summed E-state index contributed by atoms with van der Waals surface area (Å²) in [7, 11) is 1.24. The molecule has 3 amide bonds. The Hall–Kier alpha value is -3.42. The van der Waals surface area contributed by atoms with Crippen LogP contribution in [0.1, 0.15) is 18.5 Å². The fourth-order valence-electron chi connectivity index (χ4n) is 4.49. The number of carbonyl (C=O) groups excluding carboxylic acids is 2. The van der Waals surface area contributed by atoms with Gasteiger partial charge in [0.2, 0.25) is 0 Å². The Morgan fingerprint density at radius 2 is 2.00 bits per heavy atom. The number of hydrogen-bond donors (Lipinski definition) is 1. The number of imide groups is 1. The fraction of sp³-hybridized carbons (Fsp3) is 0.333. The quantitative estimate of drug-likeness (QED) is 0.689. The first-order valence-electron chi connectivity index (χ1n) is 9.65. The molecule has 148 valence electrons. The number of nitrogens with zero attached hydrogens (tertiary/aromatic N) is 4. The molecule has 0 radical (unpaired) electrons. The number of pyridine rings is 1. The lowest BCUT2D eigenvalue weighted by Crippen LogP contribution is -2.43. The minimum atomic E-state index is -0.737. The Morgan fingerprint density at radius 3 is 2.86 bits per heavy atom. The molecule has 0 aliphatic carbocycles. The number of likely N-dealkylation sites (tertiary alicyclic amines) is 1. The monoisotopic (exact) mass is 391 g/mol. The van der Waals surface area contributed by atoms with Crippen molar-refractivity contribution in [3.8, 4) is 11.3 Å². The normalized spacial score (nSPS) is 20.2. The van der Waals surface area contributed by atoms with Crippen molar-refractivity contribution in [1.82, 2.24) is 25.0 Å². The molecule has 2 aliphatic rings. The number of urea groups is 1. The molecule has 8 nitrogen and oxygen atoms in total. The van der Waals surface area contributed by atoms with Crippen LogP contribution in [0.5, 0.6) is 0 Å². The average molecular weight is 391 g/mol. The Kier molecular flexibility index (Phi) is 4.01. The molecule has 5 rings (SSSR count). The third kappa shape index (κ3) is 2.91. The summed E-state index contributed by atoms with van der Waals surface area (Å²) in [6, 6.07) is 11.8. The van der Waals surface area contributed by atoms with Crippen molar-refractivity contribution in [2.24, 2.45) is 0 Å². The van der Waals surface area contributed by atoms with Crippen LogP contribution in [0.15, 0.2) is 42.6 Å². The first-order chi connectivity index (χ1) is 14.1. The zero-order valence-corrected chi connectivity index (χ0v) is 16.1. The van der Waals surface area contributed by atoms with Crippen LogP contribution in [0.3, 0.4) is 0 Å². The number of para-hydroxylation sites is 1. The second-order valence-corrected chi connectivity index (χ2v) is 7.68. The van der Waals surface area contributed by atoms with Gasteiger partial charge < -0.3 is 9.64 Å². The van der Waals surface area contributed by atoms with Crippen LogP contribution in [0.4, 0.5) is 9.59 Å². The second-order valence-electron chi connectivity index (χ2n) is 7.68. The van der Waals surface area contributed by atoms with Gasteiger partial charge in [0.05, 0.1) is 18.3 Å². The van der Waals surface area contributed by atoms with E-state index >= 15 is 0 Å². The number of rotatable bonds is 1. The molecule has 1 aromatic carbocycles. The Labute approximate surface area is 167 Å². The number of methoxy groups -OCH3 is 1. The van der Waals surface area contributed by atoms with Crippen molar-refractivity contribution in [3.63, 3.8) is 0 Å². The van der Waals surface area contributed by atoms with Gasteiger partial charge in [0, 0.05) is 47.9 Å². The van der Waals surface area contributed by atoms with E-state index in [4.69, 9.17) is 5.10 Å². The summed E-state index contributed by atoms with van der Waals surface area (Å²) in [5.41, 5.74) is 3.87. The van der Waals surface area contributed by atoms with Crippen molar-refractivity contribution in [2.45, 2.75) is 24.8 Å². The van der Waals surface area contributed by atoms with Gasteiger partial charge in [0.15, 0.2) is 0 Å². The number of fused-ring (bicyclic) bond motifs is 3.